The number of phenolic OH excluding ortho intramolecular Hbond substituents is 2. The van der Waals surface area contributed by atoms with Gasteiger partial charge in [0.25, 0.3) is 0 Å². The lowest BCUT2D eigenvalue weighted by Gasteiger charge is -2.56. The van der Waals surface area contributed by atoms with Crippen LogP contribution in [-0.2, 0) is 6.42 Å². The molecule has 0 aliphatic heterocycles. The van der Waals surface area contributed by atoms with E-state index in [4.69, 9.17) is 0 Å². The second-order valence-electron chi connectivity index (χ2n) is 14.0. The zero-order valence-corrected chi connectivity index (χ0v) is 21.4. The van der Waals surface area contributed by atoms with Gasteiger partial charge >= 0.3 is 0 Å². The van der Waals surface area contributed by atoms with E-state index in [1.807, 2.05) is 0 Å². The van der Waals surface area contributed by atoms with Crippen LogP contribution < -0.4 is 0 Å². The minimum atomic E-state index is 0.499. The van der Waals surface area contributed by atoms with E-state index in [1.165, 1.54) is 94.6 Å². The number of benzene rings is 1. The standard InChI is InChI=1S/C32H46O2/c1-2-3-4-5-6-26-31(33)27(29-22-9-18-7-19(11-22)12-23(29)10-18)17-28(32(26)34)30-24-13-20-8-21(15-24)16-25(30)14-20/h17-25,29-30,33-34H,2-16H2,1H3. The summed E-state index contributed by atoms with van der Waals surface area (Å²) < 4.78 is 0. The van der Waals surface area contributed by atoms with Crippen molar-refractivity contribution in [1.29, 1.82) is 0 Å². The average Bonchev–Trinajstić information content (AvgIpc) is 2.79. The maximum atomic E-state index is 11.7. The molecule has 2 nitrogen and oxygen atoms in total. The van der Waals surface area contributed by atoms with Crippen LogP contribution in [0.2, 0.25) is 0 Å². The smallest absolute Gasteiger partial charge is 0.125 e. The first-order chi connectivity index (χ1) is 16.6. The second-order valence-corrected chi connectivity index (χ2v) is 14.0. The zero-order chi connectivity index (χ0) is 23.0. The topological polar surface area (TPSA) is 40.5 Å². The lowest BCUT2D eigenvalue weighted by Crippen LogP contribution is -2.44. The van der Waals surface area contributed by atoms with Gasteiger partial charge in [0.2, 0.25) is 0 Å². The highest BCUT2D eigenvalue weighted by atomic mass is 16.3. The second kappa shape index (κ2) is 8.45. The number of rotatable bonds is 7. The fourth-order valence-electron chi connectivity index (χ4n) is 11.1. The maximum Gasteiger partial charge on any atom is 0.125 e. The van der Waals surface area contributed by atoms with Gasteiger partial charge in [0.1, 0.15) is 11.5 Å². The fourth-order valence-corrected chi connectivity index (χ4v) is 11.1. The monoisotopic (exact) mass is 462 g/mol. The minimum absolute atomic E-state index is 0.499. The first-order valence-corrected chi connectivity index (χ1v) is 15.2. The molecule has 2 heteroatoms. The molecule has 0 heterocycles. The summed E-state index contributed by atoms with van der Waals surface area (Å²) in [6, 6.07) is 2.39. The third kappa shape index (κ3) is 3.47. The quantitative estimate of drug-likeness (QED) is 0.400. The van der Waals surface area contributed by atoms with Crippen molar-refractivity contribution in [2.75, 3.05) is 0 Å². The van der Waals surface area contributed by atoms with Crippen LogP contribution in [0.1, 0.15) is 125 Å². The van der Waals surface area contributed by atoms with Crippen LogP contribution in [0.4, 0.5) is 0 Å². The zero-order valence-electron chi connectivity index (χ0n) is 21.4. The van der Waals surface area contributed by atoms with Gasteiger partial charge in [-0.15, -0.1) is 0 Å². The molecule has 8 bridgehead atoms. The van der Waals surface area contributed by atoms with Crippen molar-refractivity contribution in [2.24, 2.45) is 47.3 Å². The van der Waals surface area contributed by atoms with Crippen molar-refractivity contribution in [3.63, 3.8) is 0 Å². The van der Waals surface area contributed by atoms with E-state index < -0.39 is 0 Å². The molecule has 0 spiro atoms. The molecule has 0 unspecified atom stereocenters. The summed E-state index contributed by atoms with van der Waals surface area (Å²) in [5, 5.41) is 23.5. The van der Waals surface area contributed by atoms with Crippen LogP contribution in [0.25, 0.3) is 0 Å². The van der Waals surface area contributed by atoms with Gasteiger partial charge in [-0.3, -0.25) is 0 Å². The third-order valence-corrected chi connectivity index (χ3v) is 11.9. The van der Waals surface area contributed by atoms with E-state index in [0.717, 1.165) is 65.7 Å². The van der Waals surface area contributed by atoms with Crippen molar-refractivity contribution in [1.82, 2.24) is 0 Å². The predicted octanol–water partition coefficient (Wildman–Crippen LogP) is 8.30. The number of phenols is 2. The summed E-state index contributed by atoms with van der Waals surface area (Å²) in [5.74, 6) is 8.97. The van der Waals surface area contributed by atoms with Crippen molar-refractivity contribution < 1.29 is 10.2 Å². The van der Waals surface area contributed by atoms with Crippen molar-refractivity contribution >= 4 is 0 Å². The summed E-state index contributed by atoms with van der Waals surface area (Å²) in [4.78, 5) is 0. The van der Waals surface area contributed by atoms with Crippen LogP contribution in [0.15, 0.2) is 6.07 Å². The molecule has 0 amide bonds. The van der Waals surface area contributed by atoms with Gasteiger partial charge < -0.3 is 10.2 Å². The Kier molecular flexibility index (Phi) is 5.48. The van der Waals surface area contributed by atoms with Crippen LogP contribution in [-0.4, -0.2) is 10.2 Å². The van der Waals surface area contributed by atoms with Gasteiger partial charge in [0, 0.05) is 5.56 Å². The summed E-state index contributed by atoms with van der Waals surface area (Å²) >= 11 is 0. The Morgan fingerprint density at radius 2 is 1.00 bits per heavy atom. The van der Waals surface area contributed by atoms with Gasteiger partial charge in [-0.2, -0.15) is 0 Å². The summed E-state index contributed by atoms with van der Waals surface area (Å²) in [6.07, 6.45) is 19.6. The molecule has 0 radical (unpaired) electrons. The SMILES string of the molecule is CCCCCCc1c(O)c(C2C3CC4CC(C3)CC2C4)cc(C2C3CC4CC(C3)CC2C4)c1O. The van der Waals surface area contributed by atoms with E-state index in [0.29, 0.717) is 23.3 Å². The highest BCUT2D eigenvalue weighted by Gasteiger charge is 2.52. The first kappa shape index (κ1) is 22.1. The molecule has 8 aliphatic rings. The third-order valence-electron chi connectivity index (χ3n) is 11.9. The molecule has 1 aromatic rings. The molecular weight excluding hydrogens is 416 g/mol. The first-order valence-electron chi connectivity index (χ1n) is 15.2. The van der Waals surface area contributed by atoms with Gasteiger partial charge in [-0.1, -0.05) is 26.2 Å². The van der Waals surface area contributed by atoms with Crippen LogP contribution in [0, 0.1) is 47.3 Å². The fraction of sp³-hybridized carbons (Fsp3) is 0.812. The van der Waals surface area contributed by atoms with Crippen LogP contribution in [0.3, 0.4) is 0 Å². The van der Waals surface area contributed by atoms with Crippen molar-refractivity contribution in [3.8, 4) is 11.5 Å². The van der Waals surface area contributed by atoms with E-state index >= 15 is 0 Å². The molecule has 186 valence electrons. The number of hydrogen-bond acceptors (Lipinski definition) is 2. The van der Waals surface area contributed by atoms with Crippen LogP contribution in [0.5, 0.6) is 11.5 Å². The van der Waals surface area contributed by atoms with Gasteiger partial charge in [-0.25, -0.2) is 0 Å². The summed E-state index contributed by atoms with van der Waals surface area (Å²) in [6.45, 7) is 2.26. The lowest BCUT2D eigenvalue weighted by atomic mass is 9.49. The Morgan fingerprint density at radius 1 is 0.588 bits per heavy atom. The van der Waals surface area contributed by atoms with E-state index in [1.54, 1.807) is 0 Å². The Bertz CT molecular complexity index is 809. The average molecular weight is 463 g/mol. The molecule has 1 aromatic carbocycles. The maximum absolute atomic E-state index is 11.7. The van der Waals surface area contributed by atoms with Gasteiger partial charge in [0.15, 0.2) is 0 Å². The molecule has 8 fully saturated rings. The summed E-state index contributed by atoms with van der Waals surface area (Å²) in [5.41, 5.74) is 3.45. The Morgan fingerprint density at radius 3 is 1.38 bits per heavy atom. The number of hydrogen-bond donors (Lipinski definition) is 2. The molecule has 9 rings (SSSR count). The van der Waals surface area contributed by atoms with Crippen molar-refractivity contribution in [2.45, 2.75) is 115 Å². The highest BCUT2D eigenvalue weighted by molar-refractivity contribution is 5.57. The van der Waals surface area contributed by atoms with E-state index in [-0.39, 0.29) is 0 Å². The Balaban J connectivity index is 1.28. The number of aromatic hydroxyl groups is 2. The van der Waals surface area contributed by atoms with Gasteiger partial charge in [-0.05, 0) is 153 Å². The number of unbranched alkanes of at least 4 members (excludes halogenated alkanes) is 3. The largest absolute Gasteiger partial charge is 0.507 e. The molecule has 8 saturated carbocycles. The van der Waals surface area contributed by atoms with Crippen molar-refractivity contribution in [3.05, 3.63) is 22.8 Å². The highest BCUT2D eigenvalue weighted by Crippen LogP contribution is 2.64. The normalized spacial score (nSPS) is 43.7. The Labute approximate surface area is 206 Å². The van der Waals surface area contributed by atoms with Gasteiger partial charge in [0.05, 0.1) is 0 Å². The Hall–Kier alpha value is -1.18. The van der Waals surface area contributed by atoms with E-state index in [9.17, 15) is 10.2 Å². The lowest BCUT2D eigenvalue weighted by molar-refractivity contribution is -0.00598. The molecule has 34 heavy (non-hydrogen) atoms. The molecular formula is C32H46O2. The molecule has 0 atom stereocenters. The molecule has 8 aliphatic carbocycles. The van der Waals surface area contributed by atoms with E-state index in [2.05, 4.69) is 13.0 Å². The predicted molar refractivity (Wildman–Crippen MR) is 137 cm³/mol. The van der Waals surface area contributed by atoms with Crippen LogP contribution >= 0.6 is 0 Å². The molecule has 2 N–H and O–H groups in total. The minimum Gasteiger partial charge on any atom is -0.507 e. The molecule has 0 saturated heterocycles. The summed E-state index contributed by atoms with van der Waals surface area (Å²) in [7, 11) is 0. The molecule has 0 aromatic heterocycles.